The molecule has 2 aromatic heterocycles. The third-order valence-electron chi connectivity index (χ3n) is 3.75. The zero-order chi connectivity index (χ0) is 17.1. The molecule has 3 aromatic rings. The number of fused-ring (bicyclic) bond motifs is 1. The summed E-state index contributed by atoms with van der Waals surface area (Å²) in [6.07, 6.45) is 1.56. The van der Waals surface area contributed by atoms with Gasteiger partial charge in [-0.15, -0.1) is 0 Å². The van der Waals surface area contributed by atoms with E-state index in [1.54, 1.807) is 18.4 Å². The Morgan fingerprint density at radius 1 is 1.21 bits per heavy atom. The van der Waals surface area contributed by atoms with Crippen LogP contribution < -0.4 is 10.1 Å². The Kier molecular flexibility index (Phi) is 4.46. The van der Waals surface area contributed by atoms with Gasteiger partial charge in [0.1, 0.15) is 5.76 Å². The molecule has 0 radical (unpaired) electrons. The fourth-order valence-corrected chi connectivity index (χ4v) is 2.34. The summed E-state index contributed by atoms with van der Waals surface area (Å²) in [5, 5.41) is 2.78. The minimum absolute atomic E-state index is 0.180. The zero-order valence-corrected chi connectivity index (χ0v) is 13.9. The summed E-state index contributed by atoms with van der Waals surface area (Å²) in [4.78, 5) is 21.4. The van der Waals surface area contributed by atoms with Crippen molar-refractivity contribution in [1.29, 1.82) is 0 Å². The highest BCUT2D eigenvalue weighted by Crippen LogP contribution is 2.22. The van der Waals surface area contributed by atoms with Crippen LogP contribution >= 0.6 is 0 Å². The molecule has 2 heterocycles. The van der Waals surface area contributed by atoms with Crippen molar-refractivity contribution in [3.8, 4) is 5.88 Å². The van der Waals surface area contributed by atoms with Gasteiger partial charge in [0.05, 0.1) is 30.4 Å². The lowest BCUT2D eigenvalue weighted by atomic mass is 10.1. The third-order valence-corrected chi connectivity index (χ3v) is 3.75. The lowest BCUT2D eigenvalue weighted by Crippen LogP contribution is -2.25. The second-order valence-corrected chi connectivity index (χ2v) is 5.50. The Labute approximate surface area is 139 Å². The van der Waals surface area contributed by atoms with Gasteiger partial charge in [-0.2, -0.15) is 0 Å². The molecule has 6 nitrogen and oxygen atoms in total. The van der Waals surface area contributed by atoms with Crippen LogP contribution in [0.15, 0.2) is 34.9 Å². The molecule has 0 spiro atoms. The number of benzene rings is 1. The molecule has 0 aliphatic rings. The van der Waals surface area contributed by atoms with E-state index in [2.05, 4.69) is 15.3 Å². The molecular formula is C18H19N3O3. The molecule has 1 N–H and O–H groups in total. The number of ether oxygens (including phenoxy) is 1. The highest BCUT2D eigenvalue weighted by molar-refractivity contribution is 5.96. The molecule has 0 aliphatic carbocycles. The van der Waals surface area contributed by atoms with Crippen LogP contribution in [0.1, 0.15) is 34.3 Å². The van der Waals surface area contributed by atoms with E-state index in [1.165, 1.54) is 0 Å². The van der Waals surface area contributed by atoms with Gasteiger partial charge in [-0.3, -0.25) is 4.79 Å². The molecule has 1 aromatic carbocycles. The summed E-state index contributed by atoms with van der Waals surface area (Å²) in [6.45, 7) is 6.55. The van der Waals surface area contributed by atoms with E-state index < -0.39 is 0 Å². The Balaban J connectivity index is 1.95. The van der Waals surface area contributed by atoms with E-state index in [4.69, 9.17) is 9.15 Å². The van der Waals surface area contributed by atoms with E-state index in [9.17, 15) is 4.79 Å². The van der Waals surface area contributed by atoms with Crippen LogP contribution in [0, 0.1) is 13.8 Å². The summed E-state index contributed by atoms with van der Waals surface area (Å²) in [5.74, 6) is 0.564. The van der Waals surface area contributed by atoms with Crippen molar-refractivity contribution in [3.05, 3.63) is 53.1 Å². The van der Waals surface area contributed by atoms with Crippen molar-refractivity contribution in [3.63, 3.8) is 0 Å². The zero-order valence-electron chi connectivity index (χ0n) is 13.9. The van der Waals surface area contributed by atoms with Gasteiger partial charge in [0.2, 0.25) is 5.88 Å². The van der Waals surface area contributed by atoms with Crippen molar-refractivity contribution in [2.75, 3.05) is 6.61 Å². The minimum atomic E-state index is -0.345. The van der Waals surface area contributed by atoms with Crippen molar-refractivity contribution >= 4 is 16.9 Å². The molecule has 0 atom stereocenters. The first-order valence-electron chi connectivity index (χ1n) is 7.81. The van der Waals surface area contributed by atoms with Crippen LogP contribution in [0.3, 0.4) is 0 Å². The summed E-state index contributed by atoms with van der Waals surface area (Å²) >= 11 is 0. The average Bonchev–Trinajstić information content (AvgIpc) is 3.07. The Morgan fingerprint density at radius 2 is 1.92 bits per heavy atom. The largest absolute Gasteiger partial charge is 0.476 e. The van der Waals surface area contributed by atoms with Crippen LogP contribution in [0.25, 0.3) is 11.0 Å². The molecule has 0 unspecified atom stereocenters. The maximum atomic E-state index is 12.5. The SMILES string of the molecule is CCOc1nc2cc(C)c(C)cc2nc1C(=O)NCc1ccco1. The molecule has 24 heavy (non-hydrogen) atoms. The molecule has 0 fully saturated rings. The van der Waals surface area contributed by atoms with Gasteiger partial charge in [-0.25, -0.2) is 9.97 Å². The highest BCUT2D eigenvalue weighted by Gasteiger charge is 2.18. The second kappa shape index (κ2) is 6.70. The second-order valence-electron chi connectivity index (χ2n) is 5.50. The Bertz CT molecular complexity index is 873. The average molecular weight is 325 g/mol. The number of hydrogen-bond donors (Lipinski definition) is 1. The predicted molar refractivity (Wildman–Crippen MR) is 90.1 cm³/mol. The van der Waals surface area contributed by atoms with Crippen LogP contribution in [-0.4, -0.2) is 22.5 Å². The van der Waals surface area contributed by atoms with Gasteiger partial charge in [0.15, 0.2) is 5.69 Å². The fraction of sp³-hybridized carbons (Fsp3) is 0.278. The van der Waals surface area contributed by atoms with Crippen LogP contribution in [0.4, 0.5) is 0 Å². The number of carbonyl (C=O) groups excluding carboxylic acids is 1. The molecule has 1 amide bonds. The monoisotopic (exact) mass is 325 g/mol. The van der Waals surface area contributed by atoms with Crippen molar-refractivity contribution in [2.24, 2.45) is 0 Å². The van der Waals surface area contributed by atoms with Gasteiger partial charge >= 0.3 is 0 Å². The van der Waals surface area contributed by atoms with E-state index in [0.29, 0.717) is 23.4 Å². The van der Waals surface area contributed by atoms with Gasteiger partial charge < -0.3 is 14.5 Å². The quantitative estimate of drug-likeness (QED) is 0.779. The topological polar surface area (TPSA) is 77.2 Å². The van der Waals surface area contributed by atoms with E-state index in [-0.39, 0.29) is 24.0 Å². The summed E-state index contributed by atoms with van der Waals surface area (Å²) < 4.78 is 10.7. The molecule has 0 saturated carbocycles. The molecule has 6 heteroatoms. The normalized spacial score (nSPS) is 10.8. The van der Waals surface area contributed by atoms with Gasteiger partial charge in [-0.1, -0.05) is 0 Å². The van der Waals surface area contributed by atoms with E-state index in [0.717, 1.165) is 11.1 Å². The molecule has 124 valence electrons. The molecule has 3 rings (SSSR count). The van der Waals surface area contributed by atoms with Crippen LogP contribution in [0.5, 0.6) is 5.88 Å². The maximum absolute atomic E-state index is 12.5. The summed E-state index contributed by atoms with van der Waals surface area (Å²) in [5.41, 5.74) is 3.78. The first-order chi connectivity index (χ1) is 11.6. The standard InChI is InChI=1S/C18H19N3O3/c1-4-23-18-16(17(22)19-10-13-6-5-7-24-13)20-14-8-11(2)12(3)9-15(14)21-18/h5-9H,4,10H2,1-3H3,(H,19,22). The third kappa shape index (κ3) is 3.22. The maximum Gasteiger partial charge on any atom is 0.275 e. The van der Waals surface area contributed by atoms with E-state index in [1.807, 2.05) is 32.9 Å². The highest BCUT2D eigenvalue weighted by atomic mass is 16.5. The number of carbonyl (C=O) groups is 1. The predicted octanol–water partition coefficient (Wildman–Crippen LogP) is 3.17. The molecule has 0 aliphatic heterocycles. The number of furan rings is 1. The first-order valence-corrected chi connectivity index (χ1v) is 7.81. The van der Waals surface area contributed by atoms with E-state index >= 15 is 0 Å². The Morgan fingerprint density at radius 3 is 2.54 bits per heavy atom. The number of hydrogen-bond acceptors (Lipinski definition) is 5. The van der Waals surface area contributed by atoms with Crippen LogP contribution in [-0.2, 0) is 6.54 Å². The van der Waals surface area contributed by atoms with Crippen molar-refractivity contribution in [2.45, 2.75) is 27.3 Å². The lowest BCUT2D eigenvalue weighted by Gasteiger charge is -2.11. The van der Waals surface area contributed by atoms with Crippen molar-refractivity contribution < 1.29 is 13.9 Å². The molecule has 0 saturated heterocycles. The Hall–Kier alpha value is -2.89. The number of amides is 1. The number of rotatable bonds is 5. The minimum Gasteiger partial charge on any atom is -0.476 e. The first kappa shape index (κ1) is 16.0. The summed E-state index contributed by atoms with van der Waals surface area (Å²) in [6, 6.07) is 7.44. The number of aryl methyl sites for hydroxylation is 2. The smallest absolute Gasteiger partial charge is 0.275 e. The lowest BCUT2D eigenvalue weighted by molar-refractivity contribution is 0.0938. The number of nitrogens with zero attached hydrogens (tertiary/aromatic N) is 2. The number of aromatic nitrogens is 2. The van der Waals surface area contributed by atoms with Gasteiger partial charge in [0.25, 0.3) is 5.91 Å². The van der Waals surface area contributed by atoms with Crippen LogP contribution in [0.2, 0.25) is 0 Å². The van der Waals surface area contributed by atoms with Gasteiger partial charge in [-0.05, 0) is 56.2 Å². The number of nitrogens with one attached hydrogen (secondary N) is 1. The fourth-order valence-electron chi connectivity index (χ4n) is 2.34. The summed E-state index contributed by atoms with van der Waals surface area (Å²) in [7, 11) is 0. The van der Waals surface area contributed by atoms with Gasteiger partial charge in [0, 0.05) is 0 Å². The molecule has 0 bridgehead atoms. The van der Waals surface area contributed by atoms with Crippen molar-refractivity contribution in [1.82, 2.24) is 15.3 Å². The molecular weight excluding hydrogens is 306 g/mol.